The third-order valence-electron chi connectivity index (χ3n) is 0.983. The van der Waals surface area contributed by atoms with Gasteiger partial charge in [0.1, 0.15) is 6.26 Å². The summed E-state index contributed by atoms with van der Waals surface area (Å²) in [6.45, 7) is 1.65. The molecule has 5 nitrogen and oxygen atoms in total. The van der Waals surface area contributed by atoms with Crippen LogP contribution in [0.2, 0.25) is 0 Å². The molecule has 1 aromatic rings. The van der Waals surface area contributed by atoms with Gasteiger partial charge in [-0.3, -0.25) is 10.2 Å². The molecular formula is C5H9Cl2N3O2. The molecule has 1 rings (SSSR count). The monoisotopic (exact) mass is 213 g/mol. The average Bonchev–Trinajstić information content (AvgIpc) is 2.34. The Morgan fingerprint density at radius 2 is 2.25 bits per heavy atom. The Morgan fingerprint density at radius 1 is 1.67 bits per heavy atom. The molecule has 70 valence electrons. The predicted octanol–water partition coefficient (Wildman–Crippen LogP) is 0.430. The van der Waals surface area contributed by atoms with Crippen LogP contribution in [-0.4, -0.2) is 10.9 Å². The summed E-state index contributed by atoms with van der Waals surface area (Å²) in [6, 6.07) is 0. The zero-order valence-electron chi connectivity index (χ0n) is 6.23. The largest absolute Gasteiger partial charge is 0.448 e. The molecule has 3 N–H and O–H groups in total. The van der Waals surface area contributed by atoms with E-state index in [1.165, 1.54) is 6.26 Å². The van der Waals surface area contributed by atoms with Gasteiger partial charge in [0.15, 0.2) is 11.6 Å². The van der Waals surface area contributed by atoms with Crippen LogP contribution in [-0.2, 0) is 0 Å². The van der Waals surface area contributed by atoms with Gasteiger partial charge in [-0.05, 0) is 0 Å². The van der Waals surface area contributed by atoms with Gasteiger partial charge in [0.2, 0.25) is 0 Å². The molecule has 0 atom stereocenters. The van der Waals surface area contributed by atoms with Gasteiger partial charge in [0.25, 0.3) is 5.91 Å². The maximum absolute atomic E-state index is 10.7. The fraction of sp³-hybridized carbons (Fsp3) is 0.200. The van der Waals surface area contributed by atoms with E-state index < -0.39 is 5.91 Å². The number of nitrogens with two attached hydrogens (primary N) is 1. The molecule has 0 aliphatic carbocycles. The smallest absolute Gasteiger partial charge is 0.287 e. The van der Waals surface area contributed by atoms with E-state index in [1.807, 2.05) is 5.43 Å². The fourth-order valence-corrected chi connectivity index (χ4v) is 0.542. The number of nitrogens with zero attached hydrogens (tertiary/aromatic N) is 1. The van der Waals surface area contributed by atoms with Crippen LogP contribution in [0.4, 0.5) is 0 Å². The van der Waals surface area contributed by atoms with Crippen molar-refractivity contribution < 1.29 is 9.21 Å². The molecule has 0 unspecified atom stereocenters. The van der Waals surface area contributed by atoms with Crippen molar-refractivity contribution in [3.05, 3.63) is 17.8 Å². The zero-order valence-corrected chi connectivity index (χ0v) is 7.87. The molecular weight excluding hydrogens is 205 g/mol. The van der Waals surface area contributed by atoms with E-state index in [0.29, 0.717) is 5.89 Å². The molecule has 1 aromatic heterocycles. The van der Waals surface area contributed by atoms with Crippen LogP contribution in [0.1, 0.15) is 16.4 Å². The Hall–Kier alpha value is -0.780. The second-order valence-electron chi connectivity index (χ2n) is 1.73. The number of hydrogen-bond acceptors (Lipinski definition) is 4. The number of hydrazine groups is 1. The lowest BCUT2D eigenvalue weighted by Crippen LogP contribution is -2.30. The molecule has 0 spiro atoms. The van der Waals surface area contributed by atoms with Crippen LogP contribution in [0.3, 0.4) is 0 Å². The number of amides is 1. The van der Waals surface area contributed by atoms with Crippen LogP contribution in [0, 0.1) is 6.92 Å². The van der Waals surface area contributed by atoms with Gasteiger partial charge in [-0.1, -0.05) is 0 Å². The lowest BCUT2D eigenvalue weighted by molar-refractivity contribution is 0.0948. The van der Waals surface area contributed by atoms with E-state index in [4.69, 9.17) is 10.3 Å². The molecule has 0 saturated heterocycles. The van der Waals surface area contributed by atoms with Crippen LogP contribution in [0.5, 0.6) is 0 Å². The van der Waals surface area contributed by atoms with E-state index in [0.717, 1.165) is 0 Å². The third kappa shape index (κ3) is 3.08. The Morgan fingerprint density at radius 3 is 2.58 bits per heavy atom. The molecule has 12 heavy (non-hydrogen) atoms. The Labute approximate surface area is 81.5 Å². The number of aromatic nitrogens is 1. The van der Waals surface area contributed by atoms with Crippen LogP contribution < -0.4 is 11.3 Å². The lowest BCUT2D eigenvalue weighted by atomic mass is 10.5. The van der Waals surface area contributed by atoms with Crippen LogP contribution >= 0.6 is 24.8 Å². The van der Waals surface area contributed by atoms with Crippen molar-refractivity contribution in [1.82, 2.24) is 10.4 Å². The molecule has 0 saturated carbocycles. The van der Waals surface area contributed by atoms with Crippen LogP contribution in [0.15, 0.2) is 10.7 Å². The summed E-state index contributed by atoms with van der Waals surface area (Å²) in [4.78, 5) is 14.4. The molecule has 1 amide bonds. The van der Waals surface area contributed by atoms with Crippen molar-refractivity contribution in [2.45, 2.75) is 6.92 Å². The quantitative estimate of drug-likeness (QED) is 0.403. The van der Waals surface area contributed by atoms with Gasteiger partial charge >= 0.3 is 0 Å². The van der Waals surface area contributed by atoms with Gasteiger partial charge in [0.05, 0.1) is 0 Å². The topological polar surface area (TPSA) is 81.2 Å². The van der Waals surface area contributed by atoms with Crippen molar-refractivity contribution >= 4 is 30.7 Å². The van der Waals surface area contributed by atoms with Crippen LogP contribution in [0.25, 0.3) is 0 Å². The highest BCUT2D eigenvalue weighted by Gasteiger charge is 2.06. The maximum atomic E-state index is 10.7. The number of aryl methyl sites for hydroxylation is 1. The summed E-state index contributed by atoms with van der Waals surface area (Å²) < 4.78 is 4.76. The number of hydrogen-bond donors (Lipinski definition) is 2. The van der Waals surface area contributed by atoms with E-state index in [2.05, 4.69) is 4.98 Å². The minimum absolute atomic E-state index is 0. The first kappa shape index (κ1) is 13.8. The number of carbonyl (C=O) groups excluding carboxylic acids is 1. The Bertz CT molecular complexity index is 251. The van der Waals surface area contributed by atoms with Crippen molar-refractivity contribution in [3.8, 4) is 0 Å². The normalized spacial score (nSPS) is 7.83. The molecule has 0 fully saturated rings. The number of carbonyl (C=O) groups is 1. The summed E-state index contributed by atoms with van der Waals surface area (Å²) in [5, 5.41) is 0. The fourth-order valence-electron chi connectivity index (χ4n) is 0.542. The van der Waals surface area contributed by atoms with E-state index in [1.54, 1.807) is 6.92 Å². The summed E-state index contributed by atoms with van der Waals surface area (Å²) in [7, 11) is 0. The predicted molar refractivity (Wildman–Crippen MR) is 47.4 cm³/mol. The minimum atomic E-state index is -0.447. The van der Waals surface area contributed by atoms with Crippen molar-refractivity contribution in [2.24, 2.45) is 5.84 Å². The number of halogens is 2. The number of nitrogens with one attached hydrogen (secondary N) is 1. The molecule has 0 aliphatic rings. The first-order chi connectivity index (χ1) is 4.74. The summed E-state index contributed by atoms with van der Waals surface area (Å²) in [5.74, 6) is 4.83. The Balaban J connectivity index is 0. The highest BCUT2D eigenvalue weighted by atomic mass is 35.5. The van der Waals surface area contributed by atoms with E-state index in [-0.39, 0.29) is 30.5 Å². The molecule has 7 heteroatoms. The standard InChI is InChI=1S/C5H7N3O2.2ClH/c1-3-7-4(2-10-3)5(9)8-6;;/h2H,6H2,1H3,(H,8,9);2*1H. The van der Waals surface area contributed by atoms with Crippen molar-refractivity contribution in [1.29, 1.82) is 0 Å². The van der Waals surface area contributed by atoms with Gasteiger partial charge in [-0.15, -0.1) is 24.8 Å². The number of rotatable bonds is 1. The lowest BCUT2D eigenvalue weighted by Gasteiger charge is -1.88. The van der Waals surface area contributed by atoms with Gasteiger partial charge in [-0.25, -0.2) is 10.8 Å². The summed E-state index contributed by atoms with van der Waals surface area (Å²) in [6.07, 6.45) is 1.25. The summed E-state index contributed by atoms with van der Waals surface area (Å²) in [5.41, 5.74) is 2.13. The zero-order chi connectivity index (χ0) is 7.56. The maximum Gasteiger partial charge on any atom is 0.287 e. The molecule has 0 radical (unpaired) electrons. The van der Waals surface area contributed by atoms with Gasteiger partial charge < -0.3 is 4.42 Å². The molecule has 0 aliphatic heterocycles. The SMILES string of the molecule is Cc1nc(C(=O)NN)co1.Cl.Cl. The average molecular weight is 214 g/mol. The first-order valence-electron chi connectivity index (χ1n) is 2.67. The third-order valence-corrected chi connectivity index (χ3v) is 0.983. The molecule has 1 heterocycles. The minimum Gasteiger partial charge on any atom is -0.448 e. The van der Waals surface area contributed by atoms with E-state index in [9.17, 15) is 4.79 Å². The van der Waals surface area contributed by atoms with Crippen molar-refractivity contribution in [3.63, 3.8) is 0 Å². The highest BCUT2D eigenvalue weighted by Crippen LogP contribution is 1.98. The molecule has 0 aromatic carbocycles. The number of nitrogen functional groups attached to an aromatic ring is 1. The van der Waals surface area contributed by atoms with E-state index >= 15 is 0 Å². The summed E-state index contributed by atoms with van der Waals surface area (Å²) >= 11 is 0. The van der Waals surface area contributed by atoms with Gasteiger partial charge in [-0.2, -0.15) is 0 Å². The second kappa shape index (κ2) is 5.82. The van der Waals surface area contributed by atoms with Crippen molar-refractivity contribution in [2.75, 3.05) is 0 Å². The highest BCUT2D eigenvalue weighted by molar-refractivity contribution is 5.91. The number of oxazole rings is 1. The second-order valence-corrected chi connectivity index (χ2v) is 1.73. The molecule has 0 bridgehead atoms. The Kier molecular flexibility index (Phi) is 6.68. The first-order valence-corrected chi connectivity index (χ1v) is 2.67. The van der Waals surface area contributed by atoms with Gasteiger partial charge in [0, 0.05) is 6.92 Å².